The maximum atomic E-state index is 5.71. The average Bonchev–Trinajstić information content (AvgIpc) is 2.76. The molecular weight excluding hydrogens is 220 g/mol. The molecule has 0 aliphatic heterocycles. The second-order valence-electron chi connectivity index (χ2n) is 3.56. The molecule has 1 aromatic carbocycles. The summed E-state index contributed by atoms with van der Waals surface area (Å²) in [7, 11) is 3.26. The zero-order valence-electron chi connectivity index (χ0n) is 9.77. The summed E-state index contributed by atoms with van der Waals surface area (Å²) in [5.74, 6) is 1.07. The van der Waals surface area contributed by atoms with E-state index in [9.17, 15) is 0 Å². The van der Waals surface area contributed by atoms with Crippen molar-refractivity contribution in [3.63, 3.8) is 0 Å². The molecule has 0 unspecified atom stereocenters. The summed E-state index contributed by atoms with van der Waals surface area (Å²) in [6, 6.07) is 5.68. The number of methoxy groups -OCH3 is 2. The molecule has 5 nitrogen and oxygen atoms in total. The highest BCUT2D eigenvalue weighted by molar-refractivity contribution is 5.75. The molecule has 0 bridgehead atoms. The van der Waals surface area contributed by atoms with Crippen molar-refractivity contribution in [3.05, 3.63) is 30.0 Å². The molecule has 0 aliphatic rings. The Bertz CT molecular complexity index is 508. The van der Waals surface area contributed by atoms with Crippen LogP contribution in [0.2, 0.25) is 0 Å². The molecule has 0 saturated carbocycles. The van der Waals surface area contributed by atoms with E-state index in [2.05, 4.69) is 5.16 Å². The predicted octanol–water partition coefficient (Wildman–Crippen LogP) is 2.08. The van der Waals surface area contributed by atoms with Crippen LogP contribution in [0, 0.1) is 0 Å². The van der Waals surface area contributed by atoms with Crippen LogP contribution in [0.4, 0.5) is 5.88 Å². The first kappa shape index (κ1) is 11.5. The number of benzene rings is 1. The summed E-state index contributed by atoms with van der Waals surface area (Å²) >= 11 is 0. The van der Waals surface area contributed by atoms with E-state index < -0.39 is 0 Å². The zero-order valence-corrected chi connectivity index (χ0v) is 9.77. The molecule has 0 amide bonds. The molecule has 0 saturated heterocycles. The third-order valence-corrected chi connectivity index (χ3v) is 2.50. The Hall–Kier alpha value is -2.01. The maximum Gasteiger partial charge on any atom is 0.229 e. The molecule has 5 heteroatoms. The minimum atomic E-state index is 0.299. The highest BCUT2D eigenvalue weighted by Crippen LogP contribution is 2.31. The van der Waals surface area contributed by atoms with Gasteiger partial charge in [0.25, 0.3) is 0 Å². The van der Waals surface area contributed by atoms with Gasteiger partial charge >= 0.3 is 0 Å². The van der Waals surface area contributed by atoms with Crippen LogP contribution in [-0.4, -0.2) is 19.4 Å². The number of nitrogens with zero attached hydrogens (tertiary/aromatic N) is 1. The van der Waals surface area contributed by atoms with E-state index in [0.717, 1.165) is 22.4 Å². The van der Waals surface area contributed by atoms with Crippen molar-refractivity contribution in [1.82, 2.24) is 5.16 Å². The third kappa shape index (κ3) is 2.24. The van der Waals surface area contributed by atoms with E-state index in [1.165, 1.54) is 0 Å². The van der Waals surface area contributed by atoms with Crippen LogP contribution >= 0.6 is 0 Å². The predicted molar refractivity (Wildman–Crippen MR) is 63.6 cm³/mol. The summed E-state index contributed by atoms with van der Waals surface area (Å²) in [4.78, 5) is 0. The first-order valence-corrected chi connectivity index (χ1v) is 5.12. The smallest absolute Gasteiger partial charge is 0.229 e. The molecule has 1 heterocycles. The number of hydrogen-bond donors (Lipinski definition) is 1. The van der Waals surface area contributed by atoms with Crippen molar-refractivity contribution in [2.45, 2.75) is 6.61 Å². The lowest BCUT2D eigenvalue weighted by Gasteiger charge is -2.09. The lowest BCUT2D eigenvalue weighted by Crippen LogP contribution is -1.95. The monoisotopic (exact) mass is 234 g/mol. The van der Waals surface area contributed by atoms with Crippen molar-refractivity contribution >= 4 is 5.88 Å². The third-order valence-electron chi connectivity index (χ3n) is 2.50. The molecule has 0 atom stereocenters. The molecule has 1 aromatic heterocycles. The first-order valence-electron chi connectivity index (χ1n) is 5.12. The zero-order chi connectivity index (χ0) is 12.3. The van der Waals surface area contributed by atoms with Crippen LogP contribution in [0.15, 0.2) is 28.9 Å². The Balaban J connectivity index is 2.49. The van der Waals surface area contributed by atoms with Gasteiger partial charge in [-0.25, -0.2) is 0 Å². The lowest BCUT2D eigenvalue weighted by atomic mass is 10.0. The minimum Gasteiger partial charge on any atom is -0.497 e. The molecule has 2 N–H and O–H groups in total. The molecular formula is C12H14N2O3. The van der Waals surface area contributed by atoms with Gasteiger partial charge in [0.05, 0.1) is 25.5 Å². The second kappa shape index (κ2) is 4.88. The summed E-state index contributed by atoms with van der Waals surface area (Å²) in [5, 5.41) is 3.67. The van der Waals surface area contributed by atoms with Gasteiger partial charge in [-0.1, -0.05) is 11.2 Å². The Morgan fingerprint density at radius 1 is 1.29 bits per heavy atom. The van der Waals surface area contributed by atoms with Crippen LogP contribution in [0.25, 0.3) is 11.1 Å². The second-order valence-corrected chi connectivity index (χ2v) is 3.56. The fourth-order valence-electron chi connectivity index (χ4n) is 1.69. The van der Waals surface area contributed by atoms with E-state index >= 15 is 0 Å². The Labute approximate surface area is 99.1 Å². The first-order chi connectivity index (χ1) is 8.26. The number of rotatable bonds is 4. The summed E-state index contributed by atoms with van der Waals surface area (Å²) in [5.41, 5.74) is 8.38. The van der Waals surface area contributed by atoms with Gasteiger partial charge < -0.3 is 19.7 Å². The Morgan fingerprint density at radius 3 is 2.71 bits per heavy atom. The number of ether oxygens (including phenoxy) is 2. The summed E-state index contributed by atoms with van der Waals surface area (Å²) < 4.78 is 15.2. The van der Waals surface area contributed by atoms with Gasteiger partial charge in [-0.3, -0.25) is 0 Å². The van der Waals surface area contributed by atoms with Crippen molar-refractivity contribution in [3.8, 4) is 16.9 Å². The van der Waals surface area contributed by atoms with Crippen LogP contribution in [0.1, 0.15) is 5.56 Å². The summed E-state index contributed by atoms with van der Waals surface area (Å²) in [6.45, 7) is 0.469. The lowest BCUT2D eigenvalue weighted by molar-refractivity contribution is 0.185. The Kier molecular flexibility index (Phi) is 3.30. The maximum absolute atomic E-state index is 5.71. The van der Waals surface area contributed by atoms with Crippen LogP contribution in [0.5, 0.6) is 5.75 Å². The van der Waals surface area contributed by atoms with Crippen molar-refractivity contribution in [2.75, 3.05) is 20.0 Å². The van der Waals surface area contributed by atoms with E-state index in [-0.39, 0.29) is 0 Å². The molecule has 0 spiro atoms. The number of anilines is 1. The minimum absolute atomic E-state index is 0.299. The van der Waals surface area contributed by atoms with Crippen LogP contribution in [0.3, 0.4) is 0 Å². The SMILES string of the molecule is COCc1cc(OC)ccc1-c1cnoc1N. The molecule has 2 aromatic rings. The van der Waals surface area contributed by atoms with Crippen molar-refractivity contribution in [2.24, 2.45) is 0 Å². The standard InChI is InChI=1S/C12H14N2O3/c1-15-7-8-5-9(16-2)3-4-10(8)11-6-14-17-12(11)13/h3-6H,7,13H2,1-2H3. The molecule has 0 radical (unpaired) electrons. The molecule has 90 valence electrons. The van der Waals surface area contributed by atoms with Crippen molar-refractivity contribution < 1.29 is 14.0 Å². The molecule has 17 heavy (non-hydrogen) atoms. The van der Waals surface area contributed by atoms with Gasteiger partial charge in [-0.05, 0) is 23.3 Å². The molecule has 0 fully saturated rings. The largest absolute Gasteiger partial charge is 0.497 e. The van der Waals surface area contributed by atoms with Crippen LogP contribution in [-0.2, 0) is 11.3 Å². The van der Waals surface area contributed by atoms with E-state index in [0.29, 0.717) is 12.5 Å². The highest BCUT2D eigenvalue weighted by atomic mass is 16.5. The fourth-order valence-corrected chi connectivity index (χ4v) is 1.69. The van der Waals surface area contributed by atoms with Crippen LogP contribution < -0.4 is 10.5 Å². The van der Waals surface area contributed by atoms with E-state index in [1.54, 1.807) is 20.4 Å². The van der Waals surface area contributed by atoms with Crippen molar-refractivity contribution in [1.29, 1.82) is 0 Å². The normalized spacial score (nSPS) is 10.5. The number of hydrogen-bond acceptors (Lipinski definition) is 5. The fraction of sp³-hybridized carbons (Fsp3) is 0.250. The molecule has 0 aliphatic carbocycles. The van der Waals surface area contributed by atoms with E-state index in [4.69, 9.17) is 19.7 Å². The number of nitrogen functional groups attached to an aromatic ring is 1. The van der Waals surface area contributed by atoms with Gasteiger partial charge in [-0.2, -0.15) is 0 Å². The number of aromatic nitrogens is 1. The quantitative estimate of drug-likeness (QED) is 0.876. The topological polar surface area (TPSA) is 70.5 Å². The van der Waals surface area contributed by atoms with Gasteiger partial charge in [0.2, 0.25) is 5.88 Å². The van der Waals surface area contributed by atoms with Gasteiger partial charge in [0.1, 0.15) is 5.75 Å². The van der Waals surface area contributed by atoms with Gasteiger partial charge in [-0.15, -0.1) is 0 Å². The highest BCUT2D eigenvalue weighted by Gasteiger charge is 2.12. The Morgan fingerprint density at radius 2 is 2.12 bits per heavy atom. The summed E-state index contributed by atoms with van der Waals surface area (Å²) in [6.07, 6.45) is 1.59. The van der Waals surface area contributed by atoms with Gasteiger partial charge in [0.15, 0.2) is 0 Å². The molecule has 2 rings (SSSR count). The average molecular weight is 234 g/mol. The van der Waals surface area contributed by atoms with Gasteiger partial charge in [0, 0.05) is 7.11 Å². The van der Waals surface area contributed by atoms with E-state index in [1.807, 2.05) is 18.2 Å². The number of nitrogens with two attached hydrogens (primary N) is 1.